The van der Waals surface area contributed by atoms with Gasteiger partial charge in [0, 0.05) is 19.5 Å². The highest BCUT2D eigenvalue weighted by atomic mass is 16.6. The molecule has 0 aromatic carbocycles. The fourth-order valence-electron chi connectivity index (χ4n) is 3.78. The van der Waals surface area contributed by atoms with Gasteiger partial charge >= 0.3 is 12.1 Å². The topological polar surface area (TPSA) is 55.8 Å². The number of hydrogen-bond acceptors (Lipinski definition) is 4. The highest BCUT2D eigenvalue weighted by Gasteiger charge is 2.46. The first-order valence-corrected chi connectivity index (χ1v) is 8.36. The monoisotopic (exact) mass is 311 g/mol. The van der Waals surface area contributed by atoms with Crippen LogP contribution in [-0.2, 0) is 14.3 Å². The quantitative estimate of drug-likeness (QED) is 0.747. The number of ether oxygens (including phenoxy) is 2. The Bertz CT molecular complexity index is 429. The maximum Gasteiger partial charge on any atom is 0.410 e. The van der Waals surface area contributed by atoms with Gasteiger partial charge in [-0.15, -0.1) is 0 Å². The second-order valence-electron chi connectivity index (χ2n) is 7.77. The van der Waals surface area contributed by atoms with E-state index in [-0.39, 0.29) is 17.5 Å². The number of carbonyl (C=O) groups is 2. The van der Waals surface area contributed by atoms with Crippen molar-refractivity contribution in [3.63, 3.8) is 0 Å². The van der Waals surface area contributed by atoms with E-state index in [0.29, 0.717) is 25.5 Å². The SMILES string of the molecule is CCOC(=O)CCC12CCC(CN(C(=O)OC(C)(C)C)C1)C2. The molecule has 2 bridgehead atoms. The van der Waals surface area contributed by atoms with Gasteiger partial charge in [0.1, 0.15) is 5.60 Å². The molecule has 1 aliphatic carbocycles. The summed E-state index contributed by atoms with van der Waals surface area (Å²) in [6, 6.07) is 0. The van der Waals surface area contributed by atoms with Crippen LogP contribution in [0.2, 0.25) is 0 Å². The van der Waals surface area contributed by atoms with Gasteiger partial charge in [0.05, 0.1) is 6.61 Å². The van der Waals surface area contributed by atoms with Gasteiger partial charge in [-0.1, -0.05) is 0 Å². The van der Waals surface area contributed by atoms with Crippen LogP contribution in [0.1, 0.15) is 59.8 Å². The summed E-state index contributed by atoms with van der Waals surface area (Å²) < 4.78 is 10.5. The molecule has 22 heavy (non-hydrogen) atoms. The Hall–Kier alpha value is -1.26. The molecule has 5 nitrogen and oxygen atoms in total. The van der Waals surface area contributed by atoms with Gasteiger partial charge in [-0.05, 0) is 64.7 Å². The van der Waals surface area contributed by atoms with Crippen LogP contribution >= 0.6 is 0 Å². The van der Waals surface area contributed by atoms with Gasteiger partial charge in [0.2, 0.25) is 0 Å². The van der Waals surface area contributed by atoms with Gasteiger partial charge in [-0.2, -0.15) is 0 Å². The number of amides is 1. The number of nitrogens with zero attached hydrogens (tertiary/aromatic N) is 1. The van der Waals surface area contributed by atoms with Crippen LogP contribution in [0.15, 0.2) is 0 Å². The summed E-state index contributed by atoms with van der Waals surface area (Å²) >= 11 is 0. The Labute approximate surface area is 133 Å². The predicted molar refractivity (Wildman–Crippen MR) is 83.4 cm³/mol. The van der Waals surface area contributed by atoms with Crippen molar-refractivity contribution in [2.24, 2.45) is 11.3 Å². The lowest BCUT2D eigenvalue weighted by molar-refractivity contribution is -0.144. The fourth-order valence-corrected chi connectivity index (χ4v) is 3.78. The molecule has 2 atom stereocenters. The first-order valence-electron chi connectivity index (χ1n) is 8.36. The molecule has 1 saturated heterocycles. The normalized spacial score (nSPS) is 27.6. The third-order valence-electron chi connectivity index (χ3n) is 4.63. The summed E-state index contributed by atoms with van der Waals surface area (Å²) in [7, 11) is 0. The van der Waals surface area contributed by atoms with Crippen LogP contribution in [0.4, 0.5) is 4.79 Å². The van der Waals surface area contributed by atoms with Crippen molar-refractivity contribution >= 4 is 12.1 Å². The van der Waals surface area contributed by atoms with Crippen LogP contribution in [0.5, 0.6) is 0 Å². The van der Waals surface area contributed by atoms with E-state index >= 15 is 0 Å². The van der Waals surface area contributed by atoms with Crippen molar-refractivity contribution in [3.05, 3.63) is 0 Å². The molecule has 126 valence electrons. The van der Waals surface area contributed by atoms with Gasteiger partial charge in [-0.25, -0.2) is 4.79 Å². The molecule has 1 heterocycles. The highest BCUT2D eigenvalue weighted by Crippen LogP contribution is 2.49. The molecule has 2 fully saturated rings. The van der Waals surface area contributed by atoms with E-state index in [1.165, 1.54) is 0 Å². The molecular weight excluding hydrogens is 282 g/mol. The minimum atomic E-state index is -0.467. The van der Waals surface area contributed by atoms with E-state index in [1.54, 1.807) is 0 Å². The van der Waals surface area contributed by atoms with E-state index in [0.717, 1.165) is 32.2 Å². The third-order valence-corrected chi connectivity index (χ3v) is 4.63. The minimum Gasteiger partial charge on any atom is -0.466 e. The molecule has 2 aliphatic rings. The Morgan fingerprint density at radius 3 is 2.68 bits per heavy atom. The van der Waals surface area contributed by atoms with Gasteiger partial charge < -0.3 is 14.4 Å². The lowest BCUT2D eigenvalue weighted by atomic mass is 9.78. The lowest BCUT2D eigenvalue weighted by Gasteiger charge is -2.40. The summed E-state index contributed by atoms with van der Waals surface area (Å²) in [4.78, 5) is 25.8. The maximum atomic E-state index is 12.3. The van der Waals surface area contributed by atoms with Crippen LogP contribution in [0, 0.1) is 11.3 Å². The summed E-state index contributed by atoms with van der Waals surface area (Å²) in [6.07, 6.45) is 4.38. The van der Waals surface area contributed by atoms with Crippen molar-refractivity contribution < 1.29 is 19.1 Å². The van der Waals surface area contributed by atoms with Crippen LogP contribution in [0.25, 0.3) is 0 Å². The molecule has 0 N–H and O–H groups in total. The first-order chi connectivity index (χ1) is 10.2. The number of fused-ring (bicyclic) bond motifs is 2. The summed E-state index contributed by atoms with van der Waals surface area (Å²) in [5.41, 5.74) is -0.391. The average Bonchev–Trinajstić information content (AvgIpc) is 2.70. The van der Waals surface area contributed by atoms with Gasteiger partial charge in [0.15, 0.2) is 0 Å². The zero-order valence-corrected chi connectivity index (χ0v) is 14.3. The summed E-state index contributed by atoms with van der Waals surface area (Å²) in [5, 5.41) is 0. The number of rotatable bonds is 4. The second kappa shape index (κ2) is 6.47. The number of hydrogen-bond donors (Lipinski definition) is 0. The minimum absolute atomic E-state index is 0.0760. The third kappa shape index (κ3) is 4.37. The standard InChI is InChI=1S/C17H29NO4/c1-5-21-14(19)7-9-17-8-6-13(10-17)11-18(12-17)15(20)22-16(2,3)4/h13H,5-12H2,1-4H3. The number of esters is 1. The Balaban J connectivity index is 1.95. The van der Waals surface area contributed by atoms with Crippen molar-refractivity contribution in [1.82, 2.24) is 4.90 Å². The largest absolute Gasteiger partial charge is 0.466 e. The lowest BCUT2D eigenvalue weighted by Crippen LogP contribution is -2.47. The summed E-state index contributed by atoms with van der Waals surface area (Å²) in [6.45, 7) is 9.42. The molecule has 1 amide bonds. The predicted octanol–water partition coefficient (Wildman–Crippen LogP) is 3.37. The Kier molecular flexibility index (Phi) is 5.03. The second-order valence-corrected chi connectivity index (χ2v) is 7.77. The zero-order chi connectivity index (χ0) is 16.4. The van der Waals surface area contributed by atoms with Gasteiger partial charge in [-0.3, -0.25) is 4.79 Å². The molecule has 0 spiro atoms. The van der Waals surface area contributed by atoms with Crippen molar-refractivity contribution in [2.75, 3.05) is 19.7 Å². The molecule has 1 saturated carbocycles. The average molecular weight is 311 g/mol. The first kappa shape index (κ1) is 17.1. The highest BCUT2D eigenvalue weighted by molar-refractivity contribution is 5.70. The Morgan fingerprint density at radius 1 is 1.32 bits per heavy atom. The van der Waals surface area contributed by atoms with Crippen molar-refractivity contribution in [1.29, 1.82) is 0 Å². The smallest absolute Gasteiger partial charge is 0.410 e. The van der Waals surface area contributed by atoms with Gasteiger partial charge in [0.25, 0.3) is 0 Å². The molecule has 0 aromatic heterocycles. The van der Waals surface area contributed by atoms with Crippen molar-refractivity contribution in [2.45, 2.75) is 65.4 Å². The van der Waals surface area contributed by atoms with Crippen LogP contribution < -0.4 is 0 Å². The Morgan fingerprint density at radius 2 is 2.05 bits per heavy atom. The molecular formula is C17H29NO4. The van der Waals surface area contributed by atoms with E-state index in [9.17, 15) is 9.59 Å². The molecule has 2 unspecified atom stereocenters. The van der Waals surface area contributed by atoms with E-state index < -0.39 is 5.60 Å². The van der Waals surface area contributed by atoms with Crippen LogP contribution in [0.3, 0.4) is 0 Å². The van der Waals surface area contributed by atoms with Crippen LogP contribution in [-0.4, -0.2) is 42.3 Å². The zero-order valence-electron chi connectivity index (χ0n) is 14.3. The van der Waals surface area contributed by atoms with Crippen molar-refractivity contribution in [3.8, 4) is 0 Å². The number of piperidine rings is 1. The molecule has 0 radical (unpaired) electrons. The number of likely N-dealkylation sites (tertiary alicyclic amines) is 1. The number of carbonyl (C=O) groups excluding carboxylic acids is 2. The fraction of sp³-hybridized carbons (Fsp3) is 0.882. The molecule has 5 heteroatoms. The summed E-state index contributed by atoms with van der Waals surface area (Å²) in [5.74, 6) is 0.415. The van der Waals surface area contributed by atoms with E-state index in [1.807, 2.05) is 32.6 Å². The molecule has 1 aliphatic heterocycles. The molecule has 0 aromatic rings. The van der Waals surface area contributed by atoms with E-state index in [2.05, 4.69) is 0 Å². The van der Waals surface area contributed by atoms with E-state index in [4.69, 9.17) is 9.47 Å². The maximum absolute atomic E-state index is 12.3. The molecule has 2 rings (SSSR count).